The van der Waals surface area contributed by atoms with E-state index in [-0.39, 0.29) is 12.3 Å². The summed E-state index contributed by atoms with van der Waals surface area (Å²) in [6, 6.07) is 10.3. The Morgan fingerprint density at radius 3 is 2.30 bits per heavy atom. The van der Waals surface area contributed by atoms with Crippen molar-refractivity contribution in [2.45, 2.75) is 32.4 Å². The van der Waals surface area contributed by atoms with Crippen LogP contribution in [0.3, 0.4) is 0 Å². The van der Waals surface area contributed by atoms with Crippen molar-refractivity contribution in [3.8, 4) is 0 Å². The molecule has 0 aliphatic heterocycles. The summed E-state index contributed by atoms with van der Waals surface area (Å²) in [4.78, 5) is 40.4. The average molecular weight is 369 g/mol. The molecule has 1 aromatic carbocycles. The minimum Gasteiger partial charge on any atom is -0.480 e. The fourth-order valence-corrected chi connectivity index (χ4v) is 2.57. The van der Waals surface area contributed by atoms with E-state index in [1.807, 2.05) is 6.07 Å². The lowest BCUT2D eigenvalue weighted by Gasteiger charge is -2.24. The summed E-state index contributed by atoms with van der Waals surface area (Å²) >= 11 is 0. The van der Waals surface area contributed by atoms with Crippen LogP contribution >= 0.6 is 0 Å². The van der Waals surface area contributed by atoms with Crippen molar-refractivity contribution in [3.05, 3.63) is 66.0 Å². The van der Waals surface area contributed by atoms with E-state index in [4.69, 9.17) is 0 Å². The molecule has 1 aromatic heterocycles. The van der Waals surface area contributed by atoms with Crippen LogP contribution in [-0.4, -0.2) is 40.0 Å². The summed E-state index contributed by atoms with van der Waals surface area (Å²) in [5, 5.41) is 14.6. The first-order chi connectivity index (χ1) is 12.9. The van der Waals surface area contributed by atoms with E-state index in [1.54, 1.807) is 56.4 Å². The fraction of sp³-hybridized carbons (Fsp3) is 0.300. The Hall–Kier alpha value is -3.22. The van der Waals surface area contributed by atoms with Crippen LogP contribution in [0.15, 0.2) is 54.9 Å². The highest BCUT2D eigenvalue weighted by molar-refractivity contribution is 5.98. The van der Waals surface area contributed by atoms with Gasteiger partial charge in [0.15, 0.2) is 0 Å². The molecule has 0 radical (unpaired) electrons. The first kappa shape index (κ1) is 20.1. The minimum absolute atomic E-state index is 0.156. The van der Waals surface area contributed by atoms with Crippen LogP contribution in [0.1, 0.15) is 29.8 Å². The minimum atomic E-state index is -1.13. The largest absolute Gasteiger partial charge is 0.480 e. The van der Waals surface area contributed by atoms with Crippen LogP contribution in [0.25, 0.3) is 0 Å². The Kier molecular flexibility index (Phi) is 7.05. The fourth-order valence-electron chi connectivity index (χ4n) is 2.57. The van der Waals surface area contributed by atoms with Crippen LogP contribution in [0.5, 0.6) is 0 Å². The number of rotatable bonds is 8. The molecule has 0 aliphatic carbocycles. The maximum atomic E-state index is 12.7. The second-order valence-electron chi connectivity index (χ2n) is 6.53. The molecule has 0 saturated carbocycles. The van der Waals surface area contributed by atoms with Gasteiger partial charge in [-0.1, -0.05) is 44.2 Å². The lowest BCUT2D eigenvalue weighted by molar-refractivity contribution is -0.142. The SMILES string of the molecule is CC(C)C(NC(=O)c1cccnc1)C(=O)NC(Cc1ccccc1)C(=O)O. The van der Waals surface area contributed by atoms with Crippen LogP contribution in [-0.2, 0) is 16.0 Å². The van der Waals surface area contributed by atoms with Crippen molar-refractivity contribution in [3.63, 3.8) is 0 Å². The number of carbonyl (C=O) groups is 3. The predicted molar refractivity (Wildman–Crippen MR) is 100 cm³/mol. The van der Waals surface area contributed by atoms with E-state index in [0.717, 1.165) is 5.56 Å². The molecule has 2 atom stereocenters. The molecular weight excluding hydrogens is 346 g/mol. The Bertz CT molecular complexity index is 778. The number of carbonyl (C=O) groups excluding carboxylic acids is 2. The molecule has 2 rings (SSSR count). The molecule has 2 unspecified atom stereocenters. The summed E-state index contributed by atoms with van der Waals surface area (Å²) in [6.45, 7) is 3.56. The van der Waals surface area contributed by atoms with Crippen molar-refractivity contribution < 1.29 is 19.5 Å². The van der Waals surface area contributed by atoms with E-state index >= 15 is 0 Å². The Labute approximate surface area is 157 Å². The van der Waals surface area contributed by atoms with Gasteiger partial charge in [-0.25, -0.2) is 4.79 Å². The number of hydrogen-bond acceptors (Lipinski definition) is 4. The molecule has 7 nitrogen and oxygen atoms in total. The maximum absolute atomic E-state index is 12.7. The normalized spacial score (nSPS) is 12.9. The van der Waals surface area contributed by atoms with Crippen molar-refractivity contribution in [2.24, 2.45) is 5.92 Å². The summed E-state index contributed by atoms with van der Waals surface area (Å²) in [7, 11) is 0. The van der Waals surface area contributed by atoms with Crippen molar-refractivity contribution in [1.82, 2.24) is 15.6 Å². The highest BCUT2D eigenvalue weighted by Gasteiger charge is 2.29. The van der Waals surface area contributed by atoms with E-state index in [9.17, 15) is 19.5 Å². The third kappa shape index (κ3) is 5.91. The van der Waals surface area contributed by atoms with Gasteiger partial charge >= 0.3 is 5.97 Å². The smallest absolute Gasteiger partial charge is 0.326 e. The second-order valence-corrected chi connectivity index (χ2v) is 6.53. The van der Waals surface area contributed by atoms with Crippen LogP contribution in [0.2, 0.25) is 0 Å². The van der Waals surface area contributed by atoms with Crippen molar-refractivity contribution in [1.29, 1.82) is 0 Å². The molecule has 0 saturated heterocycles. The number of nitrogens with one attached hydrogen (secondary N) is 2. The van der Waals surface area contributed by atoms with Gasteiger partial charge in [-0.15, -0.1) is 0 Å². The highest BCUT2D eigenvalue weighted by Crippen LogP contribution is 2.08. The van der Waals surface area contributed by atoms with Gasteiger partial charge in [0.25, 0.3) is 5.91 Å². The van der Waals surface area contributed by atoms with Gasteiger partial charge in [-0.2, -0.15) is 0 Å². The molecule has 2 aromatic rings. The molecule has 0 fully saturated rings. The molecular formula is C20H23N3O4. The molecule has 7 heteroatoms. The van der Waals surface area contributed by atoms with Gasteiger partial charge in [-0.05, 0) is 23.6 Å². The molecule has 0 spiro atoms. The quantitative estimate of drug-likeness (QED) is 0.656. The molecule has 0 aliphatic rings. The zero-order valence-electron chi connectivity index (χ0n) is 15.3. The third-order valence-corrected chi connectivity index (χ3v) is 4.06. The third-order valence-electron chi connectivity index (χ3n) is 4.06. The maximum Gasteiger partial charge on any atom is 0.326 e. The number of aliphatic carboxylic acids is 1. The monoisotopic (exact) mass is 369 g/mol. The van der Waals surface area contributed by atoms with Gasteiger partial charge in [0.1, 0.15) is 12.1 Å². The molecule has 2 amide bonds. The number of nitrogens with zero attached hydrogens (tertiary/aromatic N) is 1. The van der Waals surface area contributed by atoms with Gasteiger partial charge in [0, 0.05) is 18.8 Å². The van der Waals surface area contributed by atoms with Crippen LogP contribution in [0.4, 0.5) is 0 Å². The average Bonchev–Trinajstić information content (AvgIpc) is 2.66. The lowest BCUT2D eigenvalue weighted by atomic mass is 10.0. The number of aromatic nitrogens is 1. The Morgan fingerprint density at radius 1 is 1.04 bits per heavy atom. The summed E-state index contributed by atoms with van der Waals surface area (Å²) in [5.74, 6) is -2.33. The standard InChI is InChI=1S/C20H23N3O4/c1-13(2)17(23-18(24)15-9-6-10-21-12-15)19(25)22-16(20(26)27)11-14-7-4-3-5-8-14/h3-10,12-13,16-17H,11H2,1-2H3,(H,22,25)(H,23,24)(H,26,27). The Balaban J connectivity index is 2.08. The number of pyridine rings is 1. The van der Waals surface area contributed by atoms with Gasteiger partial charge in [0.2, 0.25) is 5.91 Å². The molecule has 3 N–H and O–H groups in total. The first-order valence-electron chi connectivity index (χ1n) is 8.66. The van der Waals surface area contributed by atoms with Crippen LogP contribution < -0.4 is 10.6 Å². The van der Waals surface area contributed by atoms with E-state index in [0.29, 0.717) is 5.56 Å². The van der Waals surface area contributed by atoms with E-state index < -0.39 is 29.9 Å². The lowest BCUT2D eigenvalue weighted by Crippen LogP contribution is -2.54. The van der Waals surface area contributed by atoms with Gasteiger partial charge in [-0.3, -0.25) is 14.6 Å². The highest BCUT2D eigenvalue weighted by atomic mass is 16.4. The molecule has 27 heavy (non-hydrogen) atoms. The van der Waals surface area contributed by atoms with Gasteiger partial charge in [0.05, 0.1) is 5.56 Å². The van der Waals surface area contributed by atoms with Gasteiger partial charge < -0.3 is 15.7 Å². The summed E-state index contributed by atoms with van der Waals surface area (Å²) in [5.41, 5.74) is 1.13. The van der Waals surface area contributed by atoms with Crippen LogP contribution in [0, 0.1) is 5.92 Å². The Morgan fingerprint density at radius 2 is 1.74 bits per heavy atom. The predicted octanol–water partition coefficient (Wildman–Crippen LogP) is 1.65. The molecule has 0 bridgehead atoms. The second kappa shape index (κ2) is 9.47. The van der Waals surface area contributed by atoms with Crippen molar-refractivity contribution >= 4 is 17.8 Å². The summed E-state index contributed by atoms with van der Waals surface area (Å²) < 4.78 is 0. The number of carboxylic acid groups (broad SMARTS) is 1. The number of amides is 2. The topological polar surface area (TPSA) is 108 Å². The first-order valence-corrected chi connectivity index (χ1v) is 8.66. The van der Waals surface area contributed by atoms with E-state index in [1.165, 1.54) is 6.20 Å². The molecule has 142 valence electrons. The van der Waals surface area contributed by atoms with Crippen molar-refractivity contribution in [2.75, 3.05) is 0 Å². The molecule has 1 heterocycles. The zero-order valence-corrected chi connectivity index (χ0v) is 15.3. The number of benzene rings is 1. The van der Waals surface area contributed by atoms with E-state index in [2.05, 4.69) is 15.6 Å². The number of hydrogen-bond donors (Lipinski definition) is 3. The zero-order chi connectivity index (χ0) is 19.8. The number of carboxylic acids is 1. The summed E-state index contributed by atoms with van der Waals surface area (Å²) in [6.07, 6.45) is 3.10.